The van der Waals surface area contributed by atoms with Crippen LogP contribution in [0.4, 0.5) is 11.4 Å². The van der Waals surface area contributed by atoms with E-state index >= 15 is 0 Å². The summed E-state index contributed by atoms with van der Waals surface area (Å²) in [6.45, 7) is 19.7. The molecule has 2 aliphatic rings. The number of ether oxygens (including phenoxy) is 2. The Morgan fingerprint density at radius 3 is 1.89 bits per heavy atom. The molecule has 2 unspecified atom stereocenters. The van der Waals surface area contributed by atoms with Crippen LogP contribution >= 0.6 is 0 Å². The summed E-state index contributed by atoms with van der Waals surface area (Å²) in [6, 6.07) is 19.5. The Hall–Kier alpha value is -3.14. The minimum Gasteiger partial charge on any atom is -0.468 e. The number of anilines is 2. The third-order valence-electron chi connectivity index (χ3n) is 8.14. The molecule has 0 fully saturated rings. The molecule has 2 heterocycles. The van der Waals surface area contributed by atoms with E-state index in [-0.39, 0.29) is 23.3 Å². The van der Waals surface area contributed by atoms with E-state index in [1.165, 1.54) is 11.1 Å². The lowest BCUT2D eigenvalue weighted by molar-refractivity contribution is 0.108. The van der Waals surface area contributed by atoms with E-state index in [1.807, 2.05) is 13.8 Å². The van der Waals surface area contributed by atoms with Crippen LogP contribution in [0.25, 0.3) is 11.1 Å². The van der Waals surface area contributed by atoms with Crippen molar-refractivity contribution in [1.29, 1.82) is 0 Å². The van der Waals surface area contributed by atoms with Crippen LogP contribution in [-0.2, 0) is 5.41 Å². The van der Waals surface area contributed by atoms with Crippen molar-refractivity contribution in [3.63, 3.8) is 0 Å². The average Bonchev–Trinajstić information content (AvgIpc) is 3.53. The minimum absolute atomic E-state index is 0.00802. The Bertz CT molecular complexity index is 1260. The molecular formula is C33H44N2O2. The fourth-order valence-corrected chi connectivity index (χ4v) is 4.94. The molecule has 3 aromatic rings. The van der Waals surface area contributed by atoms with E-state index < -0.39 is 0 Å². The second kappa shape index (κ2) is 10.3. The molecule has 0 aliphatic carbocycles. The lowest BCUT2D eigenvalue weighted by Crippen LogP contribution is -2.37. The number of fused-ring (bicyclic) bond motifs is 2. The van der Waals surface area contributed by atoms with Gasteiger partial charge in [-0.2, -0.15) is 0 Å². The molecule has 4 heteroatoms. The maximum Gasteiger partial charge on any atom is 0.196 e. The molecule has 3 aromatic carbocycles. The molecule has 0 spiro atoms. The molecule has 2 atom stereocenters. The molecule has 0 aromatic heterocycles. The Morgan fingerprint density at radius 2 is 1.32 bits per heavy atom. The van der Waals surface area contributed by atoms with Gasteiger partial charge in [0.2, 0.25) is 0 Å². The van der Waals surface area contributed by atoms with Crippen LogP contribution < -0.4 is 20.1 Å². The second-order valence-electron chi connectivity index (χ2n) is 11.4. The molecule has 2 aliphatic heterocycles. The van der Waals surface area contributed by atoms with Crippen LogP contribution in [0.15, 0.2) is 54.6 Å². The van der Waals surface area contributed by atoms with Gasteiger partial charge in [-0.3, -0.25) is 0 Å². The lowest BCUT2D eigenvalue weighted by atomic mass is 9.79. The van der Waals surface area contributed by atoms with Crippen LogP contribution in [0.5, 0.6) is 11.5 Å². The molecule has 37 heavy (non-hydrogen) atoms. The first kappa shape index (κ1) is 26.9. The van der Waals surface area contributed by atoms with Crippen molar-refractivity contribution in [2.75, 3.05) is 10.6 Å². The van der Waals surface area contributed by atoms with Crippen LogP contribution in [0, 0.1) is 12.3 Å². The van der Waals surface area contributed by atoms with E-state index in [9.17, 15) is 0 Å². The molecule has 4 nitrogen and oxygen atoms in total. The molecular weight excluding hydrogens is 456 g/mol. The maximum atomic E-state index is 6.29. The predicted octanol–water partition coefficient (Wildman–Crippen LogP) is 9.45. The highest BCUT2D eigenvalue weighted by Gasteiger charge is 2.35. The van der Waals surface area contributed by atoms with Gasteiger partial charge in [-0.1, -0.05) is 85.7 Å². The molecule has 0 amide bonds. The second-order valence-corrected chi connectivity index (χ2v) is 11.4. The molecule has 0 bridgehead atoms. The number of aryl methyl sites for hydroxylation is 1. The Morgan fingerprint density at radius 1 is 0.730 bits per heavy atom. The lowest BCUT2D eigenvalue weighted by Gasteiger charge is -2.29. The van der Waals surface area contributed by atoms with E-state index in [4.69, 9.17) is 9.47 Å². The van der Waals surface area contributed by atoms with Gasteiger partial charge in [0, 0.05) is 11.0 Å². The summed E-state index contributed by atoms with van der Waals surface area (Å²) in [4.78, 5) is 0. The quantitative estimate of drug-likeness (QED) is 0.354. The van der Waals surface area contributed by atoms with Crippen LogP contribution in [0.1, 0.15) is 91.1 Å². The van der Waals surface area contributed by atoms with E-state index in [2.05, 4.69) is 114 Å². The fourth-order valence-electron chi connectivity index (χ4n) is 4.94. The zero-order valence-corrected chi connectivity index (χ0v) is 24.1. The van der Waals surface area contributed by atoms with Crippen molar-refractivity contribution >= 4 is 11.4 Å². The molecule has 5 rings (SSSR count). The highest BCUT2D eigenvalue weighted by atomic mass is 16.5. The zero-order chi connectivity index (χ0) is 27.0. The third kappa shape index (κ3) is 5.16. The van der Waals surface area contributed by atoms with Crippen LogP contribution in [0.2, 0.25) is 0 Å². The van der Waals surface area contributed by atoms with Gasteiger partial charge in [-0.15, -0.1) is 0 Å². The summed E-state index contributed by atoms with van der Waals surface area (Å²) >= 11 is 0. The maximum absolute atomic E-state index is 6.29. The monoisotopic (exact) mass is 500 g/mol. The normalized spacial score (nSPS) is 17.9. The standard InChI is InChI=1S/C31H38N2O2.C2H6/c1-8-30(4,5)23-13-10-22(16-19(23)3)28-32-24-17-20(11-14-26(24)34-28)21-12-15-27-25(18-21)33-29(35-27)31(6,7)9-2;1-2/h10-18,28-29,32-33H,8-9H2,1-7H3;1-2H3. The van der Waals surface area contributed by atoms with Gasteiger partial charge in [0.1, 0.15) is 11.5 Å². The van der Waals surface area contributed by atoms with Crippen molar-refractivity contribution in [2.24, 2.45) is 5.41 Å². The molecule has 2 N–H and O–H groups in total. The van der Waals surface area contributed by atoms with Gasteiger partial charge < -0.3 is 20.1 Å². The van der Waals surface area contributed by atoms with Gasteiger partial charge in [0.15, 0.2) is 12.5 Å². The molecule has 0 saturated heterocycles. The summed E-state index contributed by atoms with van der Waals surface area (Å²) in [6.07, 6.45) is 1.97. The van der Waals surface area contributed by atoms with E-state index in [0.717, 1.165) is 52.4 Å². The first-order valence-electron chi connectivity index (χ1n) is 13.9. The molecule has 0 radical (unpaired) electrons. The highest BCUT2D eigenvalue weighted by Crippen LogP contribution is 2.44. The largest absolute Gasteiger partial charge is 0.468 e. The van der Waals surface area contributed by atoms with Crippen molar-refractivity contribution in [3.05, 3.63) is 71.3 Å². The zero-order valence-electron chi connectivity index (χ0n) is 24.1. The van der Waals surface area contributed by atoms with Crippen molar-refractivity contribution in [2.45, 2.75) is 93.0 Å². The van der Waals surface area contributed by atoms with Crippen molar-refractivity contribution in [1.82, 2.24) is 0 Å². The Kier molecular flexibility index (Phi) is 7.50. The predicted molar refractivity (Wildman–Crippen MR) is 157 cm³/mol. The number of rotatable bonds is 6. The third-order valence-corrected chi connectivity index (χ3v) is 8.14. The first-order chi connectivity index (χ1) is 17.6. The SMILES string of the molecule is CC.CCC(C)(C)c1ccc(C2Nc3cc(-c4ccc5c(c4)NC(C(C)(C)CC)O5)ccc3O2)cc1C. The number of hydrogen-bond donors (Lipinski definition) is 2. The highest BCUT2D eigenvalue weighted by molar-refractivity contribution is 5.78. The molecule has 0 saturated carbocycles. The summed E-state index contributed by atoms with van der Waals surface area (Å²) in [5.74, 6) is 1.81. The summed E-state index contributed by atoms with van der Waals surface area (Å²) < 4.78 is 12.5. The number of nitrogens with one attached hydrogen (secondary N) is 2. The van der Waals surface area contributed by atoms with Gasteiger partial charge in [0.25, 0.3) is 0 Å². The minimum atomic E-state index is -0.176. The van der Waals surface area contributed by atoms with Crippen LogP contribution in [0.3, 0.4) is 0 Å². The fraction of sp³-hybridized carbons (Fsp3) is 0.455. The average molecular weight is 501 g/mol. The van der Waals surface area contributed by atoms with Crippen molar-refractivity contribution < 1.29 is 9.47 Å². The Labute approximate surface area is 223 Å². The summed E-state index contributed by atoms with van der Waals surface area (Å²) in [5.41, 5.74) is 8.50. The first-order valence-corrected chi connectivity index (χ1v) is 13.9. The van der Waals surface area contributed by atoms with Crippen molar-refractivity contribution in [3.8, 4) is 22.6 Å². The van der Waals surface area contributed by atoms with Gasteiger partial charge in [-0.25, -0.2) is 0 Å². The summed E-state index contributed by atoms with van der Waals surface area (Å²) in [7, 11) is 0. The molecule has 198 valence electrons. The van der Waals surface area contributed by atoms with Gasteiger partial charge in [0.05, 0.1) is 11.4 Å². The van der Waals surface area contributed by atoms with Crippen LogP contribution in [-0.4, -0.2) is 6.23 Å². The van der Waals surface area contributed by atoms with Gasteiger partial charge >= 0.3 is 0 Å². The van der Waals surface area contributed by atoms with E-state index in [1.54, 1.807) is 0 Å². The summed E-state index contributed by atoms with van der Waals surface area (Å²) in [5, 5.41) is 7.16. The van der Waals surface area contributed by atoms with Gasteiger partial charge in [-0.05, 0) is 71.7 Å². The Balaban J connectivity index is 0.00000156. The number of hydrogen-bond acceptors (Lipinski definition) is 4. The topological polar surface area (TPSA) is 42.5 Å². The number of benzene rings is 3. The van der Waals surface area contributed by atoms with E-state index in [0.29, 0.717) is 0 Å². The smallest absolute Gasteiger partial charge is 0.196 e.